The van der Waals surface area contributed by atoms with Gasteiger partial charge >= 0.3 is 0 Å². The van der Waals surface area contributed by atoms with Crippen molar-refractivity contribution in [3.8, 4) is 23.0 Å². The van der Waals surface area contributed by atoms with Crippen LogP contribution in [0.2, 0.25) is 0 Å². The fourth-order valence-corrected chi connectivity index (χ4v) is 3.05. The van der Waals surface area contributed by atoms with E-state index in [1.54, 1.807) is 0 Å². The Hall–Kier alpha value is -3.15. The molecule has 0 saturated carbocycles. The number of aromatic hydroxyl groups is 3. The van der Waals surface area contributed by atoms with Crippen molar-refractivity contribution in [2.24, 2.45) is 0 Å². The summed E-state index contributed by atoms with van der Waals surface area (Å²) in [5, 5.41) is 67.7. The van der Waals surface area contributed by atoms with Crippen LogP contribution >= 0.6 is 0 Å². The molecule has 1 aliphatic rings. The van der Waals surface area contributed by atoms with E-state index in [9.17, 15) is 40.5 Å². The molecule has 2 aromatic rings. The van der Waals surface area contributed by atoms with E-state index in [0.29, 0.717) is 5.56 Å². The summed E-state index contributed by atoms with van der Waals surface area (Å²) in [5.41, 5.74) is 0.216. The fourth-order valence-electron chi connectivity index (χ4n) is 3.05. The van der Waals surface area contributed by atoms with Gasteiger partial charge in [0.05, 0.1) is 18.3 Å². The highest BCUT2D eigenvalue weighted by Crippen LogP contribution is 2.41. The highest BCUT2D eigenvalue weighted by atomic mass is 16.6. The Kier molecular flexibility index (Phi) is 6.48. The number of carbonyl (C=O) groups excluding carboxylic acids is 1. The number of aliphatic hydroxyl groups is 4. The number of phenols is 3. The zero-order valence-electron chi connectivity index (χ0n) is 16.3. The molecule has 3 rings (SSSR count). The number of Topliss-reactive ketones (excluding diaryl/α,β-unsaturated/α-hetero) is 1. The highest BCUT2D eigenvalue weighted by molar-refractivity contribution is 6.14. The smallest absolute Gasteiger partial charge is 0.231 e. The Bertz CT molecular complexity index is 1010. The Balaban J connectivity index is 1.95. The Morgan fingerprint density at radius 1 is 1.03 bits per heavy atom. The predicted octanol–water partition coefficient (Wildman–Crippen LogP) is 0.530. The largest absolute Gasteiger partial charge is 0.507 e. The molecule has 1 aliphatic heterocycles. The van der Waals surface area contributed by atoms with Crippen molar-refractivity contribution in [1.82, 2.24) is 0 Å². The summed E-state index contributed by atoms with van der Waals surface area (Å²) in [6, 6.07) is 6.18. The molecule has 0 amide bonds. The van der Waals surface area contributed by atoms with E-state index in [0.717, 1.165) is 6.07 Å². The maximum absolute atomic E-state index is 12.8. The number of allylic oxidation sites excluding steroid dienone is 1. The number of carbonyl (C=O) groups is 1. The summed E-state index contributed by atoms with van der Waals surface area (Å²) >= 11 is 0. The number of fused-ring (bicyclic) bond motifs is 1. The van der Waals surface area contributed by atoms with Crippen LogP contribution in [0.3, 0.4) is 0 Å². The summed E-state index contributed by atoms with van der Waals surface area (Å²) in [7, 11) is 0. The van der Waals surface area contributed by atoms with E-state index in [-0.39, 0.29) is 34.1 Å². The molecule has 166 valence electrons. The standard InChI is InChI=1S/C21H22O10/c1-9(23)18(8-22)31-20(21(28)29)11-6-12-16(7-14(11)25)30-17(19(12)27)5-10-2-3-13(24)15(26)4-10/h2-7,9,18,20-26,28-29H,8H2,1H3/b17-5-. The molecule has 0 radical (unpaired) electrons. The van der Waals surface area contributed by atoms with Gasteiger partial charge in [0.25, 0.3) is 0 Å². The van der Waals surface area contributed by atoms with Gasteiger partial charge in [0.2, 0.25) is 5.78 Å². The van der Waals surface area contributed by atoms with Gasteiger partial charge in [0.15, 0.2) is 23.5 Å². The molecule has 0 bridgehead atoms. The Labute approximate surface area is 176 Å². The monoisotopic (exact) mass is 434 g/mol. The van der Waals surface area contributed by atoms with Crippen LogP contribution in [-0.4, -0.2) is 66.6 Å². The van der Waals surface area contributed by atoms with Gasteiger partial charge in [-0.25, -0.2) is 0 Å². The van der Waals surface area contributed by atoms with E-state index < -0.39 is 42.7 Å². The van der Waals surface area contributed by atoms with Crippen molar-refractivity contribution in [2.45, 2.75) is 31.5 Å². The van der Waals surface area contributed by atoms with Gasteiger partial charge in [-0.1, -0.05) is 6.07 Å². The maximum Gasteiger partial charge on any atom is 0.231 e. The number of benzene rings is 2. The average Bonchev–Trinajstić information content (AvgIpc) is 2.99. The van der Waals surface area contributed by atoms with Crippen LogP contribution in [0.15, 0.2) is 36.1 Å². The summed E-state index contributed by atoms with van der Waals surface area (Å²) in [5.74, 6) is -1.87. The first kappa shape index (κ1) is 22.5. The van der Waals surface area contributed by atoms with Gasteiger partial charge in [-0.05, 0) is 36.8 Å². The maximum atomic E-state index is 12.8. The lowest BCUT2D eigenvalue weighted by molar-refractivity contribution is -0.189. The molecular weight excluding hydrogens is 412 g/mol. The molecule has 31 heavy (non-hydrogen) atoms. The van der Waals surface area contributed by atoms with Crippen LogP contribution in [0.25, 0.3) is 6.08 Å². The molecule has 0 aromatic heterocycles. The predicted molar refractivity (Wildman–Crippen MR) is 105 cm³/mol. The molecule has 0 saturated heterocycles. The number of aliphatic hydroxyl groups excluding tert-OH is 3. The number of phenolic OH excluding ortho intramolecular Hbond substituents is 3. The topological polar surface area (TPSA) is 177 Å². The second kappa shape index (κ2) is 8.92. The zero-order chi connectivity index (χ0) is 22.9. The normalized spacial score (nSPS) is 17.5. The summed E-state index contributed by atoms with van der Waals surface area (Å²) in [6.07, 6.45) is -4.72. The molecule has 1 heterocycles. The number of ether oxygens (including phenoxy) is 2. The summed E-state index contributed by atoms with van der Waals surface area (Å²) in [6.45, 7) is 0.709. The van der Waals surface area contributed by atoms with Gasteiger partial charge in [-0.15, -0.1) is 0 Å². The molecule has 2 aromatic carbocycles. The van der Waals surface area contributed by atoms with Crippen LogP contribution in [-0.2, 0) is 4.74 Å². The third kappa shape index (κ3) is 4.63. The third-order valence-electron chi connectivity index (χ3n) is 4.73. The Morgan fingerprint density at radius 2 is 1.74 bits per heavy atom. The quantitative estimate of drug-likeness (QED) is 0.185. The van der Waals surface area contributed by atoms with E-state index in [1.165, 1.54) is 37.3 Å². The van der Waals surface area contributed by atoms with Gasteiger partial charge in [-0.3, -0.25) is 4.79 Å². The lowest BCUT2D eigenvalue weighted by atomic mass is 10.0. The minimum absolute atomic E-state index is 0.00824. The van der Waals surface area contributed by atoms with Crippen molar-refractivity contribution >= 4 is 11.9 Å². The van der Waals surface area contributed by atoms with Crippen molar-refractivity contribution in [3.63, 3.8) is 0 Å². The average molecular weight is 434 g/mol. The van der Waals surface area contributed by atoms with Crippen molar-refractivity contribution in [1.29, 1.82) is 0 Å². The van der Waals surface area contributed by atoms with Gasteiger partial charge in [-0.2, -0.15) is 0 Å². The number of rotatable bonds is 7. The molecule has 10 heteroatoms. The first-order valence-electron chi connectivity index (χ1n) is 9.26. The van der Waals surface area contributed by atoms with Crippen LogP contribution in [0.1, 0.15) is 34.5 Å². The summed E-state index contributed by atoms with van der Waals surface area (Å²) < 4.78 is 10.8. The minimum atomic E-state index is -2.14. The second-order valence-electron chi connectivity index (χ2n) is 7.03. The first-order valence-corrected chi connectivity index (χ1v) is 9.26. The van der Waals surface area contributed by atoms with Crippen molar-refractivity contribution in [2.75, 3.05) is 6.61 Å². The van der Waals surface area contributed by atoms with E-state index >= 15 is 0 Å². The molecule has 3 atom stereocenters. The third-order valence-corrected chi connectivity index (χ3v) is 4.73. The first-order chi connectivity index (χ1) is 14.6. The van der Waals surface area contributed by atoms with Crippen LogP contribution in [0.5, 0.6) is 23.0 Å². The van der Waals surface area contributed by atoms with Crippen LogP contribution < -0.4 is 4.74 Å². The van der Waals surface area contributed by atoms with E-state index in [2.05, 4.69) is 0 Å². The molecule has 10 nitrogen and oxygen atoms in total. The zero-order valence-corrected chi connectivity index (χ0v) is 16.3. The molecule has 3 unspecified atom stereocenters. The lowest BCUT2D eigenvalue weighted by Crippen LogP contribution is -2.35. The van der Waals surface area contributed by atoms with Gasteiger partial charge in [0.1, 0.15) is 23.7 Å². The van der Waals surface area contributed by atoms with Crippen molar-refractivity contribution < 1.29 is 50.0 Å². The highest BCUT2D eigenvalue weighted by Gasteiger charge is 2.34. The Morgan fingerprint density at radius 3 is 2.32 bits per heavy atom. The van der Waals surface area contributed by atoms with Crippen LogP contribution in [0.4, 0.5) is 0 Å². The summed E-state index contributed by atoms with van der Waals surface area (Å²) in [4.78, 5) is 12.8. The van der Waals surface area contributed by atoms with E-state index in [1.807, 2.05) is 0 Å². The number of ketones is 1. The fraction of sp³-hybridized carbons (Fsp3) is 0.286. The number of hydrogen-bond donors (Lipinski definition) is 7. The lowest BCUT2D eigenvalue weighted by Gasteiger charge is -2.27. The molecule has 0 spiro atoms. The second-order valence-corrected chi connectivity index (χ2v) is 7.03. The SMILES string of the molecule is CC(O)C(CO)OC(c1cc2c(cc1O)O/C(=C\c1ccc(O)c(O)c1)C2=O)C(O)O. The molecule has 0 fully saturated rings. The molecular formula is C21H22O10. The van der Waals surface area contributed by atoms with Crippen LogP contribution in [0, 0.1) is 0 Å². The number of hydrogen-bond acceptors (Lipinski definition) is 10. The van der Waals surface area contributed by atoms with E-state index in [4.69, 9.17) is 9.47 Å². The van der Waals surface area contributed by atoms with Crippen molar-refractivity contribution in [3.05, 3.63) is 52.8 Å². The van der Waals surface area contributed by atoms with Gasteiger partial charge < -0.3 is 45.2 Å². The molecule has 7 N–H and O–H groups in total. The molecule has 0 aliphatic carbocycles. The minimum Gasteiger partial charge on any atom is -0.507 e. The van der Waals surface area contributed by atoms with Gasteiger partial charge in [0, 0.05) is 11.6 Å².